The molecule has 84 valence electrons. The van der Waals surface area contributed by atoms with Crippen LogP contribution in [0.5, 0.6) is 0 Å². The minimum absolute atomic E-state index is 0.0361. The normalized spacial score (nSPS) is 11.6. The van der Waals surface area contributed by atoms with Gasteiger partial charge in [0.1, 0.15) is 4.21 Å². The molecule has 15 heavy (non-hydrogen) atoms. The molecule has 0 spiro atoms. The van der Waals surface area contributed by atoms with Crippen molar-refractivity contribution < 1.29 is 13.2 Å². The van der Waals surface area contributed by atoms with Gasteiger partial charge in [-0.1, -0.05) is 0 Å². The molecule has 6 heteroatoms. The zero-order chi connectivity index (χ0) is 11.5. The Labute approximate surface area is 98.0 Å². The van der Waals surface area contributed by atoms with E-state index in [-0.39, 0.29) is 15.7 Å². The van der Waals surface area contributed by atoms with E-state index >= 15 is 0 Å². The molecule has 0 N–H and O–H groups in total. The average molecular weight is 267 g/mol. The van der Waals surface area contributed by atoms with E-state index in [1.165, 1.54) is 13.0 Å². The Morgan fingerprint density at radius 3 is 2.60 bits per heavy atom. The van der Waals surface area contributed by atoms with Crippen molar-refractivity contribution in [2.24, 2.45) is 0 Å². The summed E-state index contributed by atoms with van der Waals surface area (Å²) in [5.74, 6) is 0.247. The summed E-state index contributed by atoms with van der Waals surface area (Å²) in [4.78, 5) is 11.5. The van der Waals surface area contributed by atoms with Crippen LogP contribution in [0.3, 0.4) is 0 Å². The maximum Gasteiger partial charge on any atom is 0.187 e. The van der Waals surface area contributed by atoms with Gasteiger partial charge in [-0.2, -0.15) is 0 Å². The van der Waals surface area contributed by atoms with Crippen molar-refractivity contribution >= 4 is 38.6 Å². The van der Waals surface area contributed by atoms with Crippen LogP contribution in [0.1, 0.15) is 23.0 Å². The van der Waals surface area contributed by atoms with Gasteiger partial charge >= 0.3 is 0 Å². The highest BCUT2D eigenvalue weighted by molar-refractivity contribution is 7.93. The number of ketones is 1. The number of carbonyl (C=O) groups excluding carboxylic acids is 1. The molecule has 1 heterocycles. The lowest BCUT2D eigenvalue weighted by molar-refractivity contribution is 0.102. The molecule has 0 saturated heterocycles. The van der Waals surface area contributed by atoms with Gasteiger partial charge in [-0.05, 0) is 25.5 Å². The van der Waals surface area contributed by atoms with Crippen molar-refractivity contribution in [3.8, 4) is 0 Å². The molecule has 0 aliphatic heterocycles. The highest BCUT2D eigenvalue weighted by Crippen LogP contribution is 2.23. The molecular formula is C9H11ClO3S2. The predicted molar refractivity (Wildman–Crippen MR) is 61.7 cm³/mol. The molecule has 0 unspecified atom stereocenters. The fraction of sp³-hybridized carbons (Fsp3) is 0.444. The molecule has 0 saturated carbocycles. The van der Waals surface area contributed by atoms with Crippen LogP contribution in [0.15, 0.2) is 16.3 Å². The van der Waals surface area contributed by atoms with Gasteiger partial charge in [0.05, 0.1) is 10.6 Å². The van der Waals surface area contributed by atoms with Crippen LogP contribution < -0.4 is 0 Å². The monoisotopic (exact) mass is 266 g/mol. The minimum Gasteiger partial charge on any atom is -0.294 e. The first kappa shape index (κ1) is 12.7. The summed E-state index contributed by atoms with van der Waals surface area (Å²) in [6.07, 6.45) is 0.428. The lowest BCUT2D eigenvalue weighted by Crippen LogP contribution is -2.05. The third kappa shape index (κ3) is 3.29. The number of rotatable bonds is 5. The largest absolute Gasteiger partial charge is 0.294 e. The van der Waals surface area contributed by atoms with E-state index < -0.39 is 9.84 Å². The molecule has 0 aliphatic carbocycles. The second-order valence-corrected chi connectivity index (χ2v) is 6.83. The van der Waals surface area contributed by atoms with Gasteiger partial charge in [0, 0.05) is 5.88 Å². The Kier molecular flexibility index (Phi) is 4.31. The second kappa shape index (κ2) is 5.09. The van der Waals surface area contributed by atoms with Gasteiger partial charge in [0.25, 0.3) is 0 Å². The molecular weight excluding hydrogens is 256 g/mol. The maximum absolute atomic E-state index is 11.7. The summed E-state index contributed by atoms with van der Waals surface area (Å²) in [6.45, 7) is 1.42. The van der Waals surface area contributed by atoms with E-state index in [9.17, 15) is 13.2 Å². The highest BCUT2D eigenvalue weighted by Gasteiger charge is 2.17. The van der Waals surface area contributed by atoms with Crippen molar-refractivity contribution in [1.29, 1.82) is 0 Å². The summed E-state index contributed by atoms with van der Waals surface area (Å²) in [5, 5.41) is 0. The average Bonchev–Trinajstić information content (AvgIpc) is 2.64. The van der Waals surface area contributed by atoms with Crippen molar-refractivity contribution in [2.75, 3.05) is 11.6 Å². The number of halogens is 1. The lowest BCUT2D eigenvalue weighted by atomic mass is 10.4. The fourth-order valence-electron chi connectivity index (χ4n) is 1.02. The smallest absolute Gasteiger partial charge is 0.187 e. The molecule has 0 aromatic carbocycles. The number of sulfone groups is 1. The second-order valence-electron chi connectivity index (χ2n) is 3.04. The van der Waals surface area contributed by atoms with Crippen molar-refractivity contribution in [2.45, 2.75) is 17.6 Å². The number of hydrogen-bond acceptors (Lipinski definition) is 4. The Morgan fingerprint density at radius 2 is 2.13 bits per heavy atom. The number of thiophene rings is 1. The molecule has 1 aromatic rings. The van der Waals surface area contributed by atoms with Crippen LogP contribution >= 0.6 is 22.9 Å². The van der Waals surface area contributed by atoms with E-state index in [4.69, 9.17) is 11.6 Å². The summed E-state index contributed by atoms with van der Waals surface area (Å²) in [5.41, 5.74) is 0. The summed E-state index contributed by atoms with van der Waals surface area (Å²) < 4.78 is 23.6. The van der Waals surface area contributed by atoms with Crippen LogP contribution in [0.2, 0.25) is 0 Å². The van der Waals surface area contributed by atoms with E-state index in [1.54, 1.807) is 6.07 Å². The lowest BCUT2D eigenvalue weighted by Gasteiger charge is -1.98. The van der Waals surface area contributed by atoms with Gasteiger partial charge in [-0.15, -0.1) is 22.9 Å². The quantitative estimate of drug-likeness (QED) is 0.607. The number of hydrogen-bond donors (Lipinski definition) is 0. The Balaban J connectivity index is 2.91. The Hall–Kier alpha value is -0.390. The molecule has 0 fully saturated rings. The SMILES string of the molecule is CC(=O)c1ccc(S(=O)(=O)CCCCl)s1. The van der Waals surface area contributed by atoms with E-state index in [2.05, 4.69) is 0 Å². The van der Waals surface area contributed by atoms with E-state index in [0.717, 1.165) is 11.3 Å². The number of carbonyl (C=O) groups is 1. The molecule has 1 aromatic heterocycles. The molecule has 0 radical (unpaired) electrons. The van der Waals surface area contributed by atoms with Crippen LogP contribution in [-0.2, 0) is 9.84 Å². The van der Waals surface area contributed by atoms with Crippen molar-refractivity contribution in [1.82, 2.24) is 0 Å². The maximum atomic E-state index is 11.7. The summed E-state index contributed by atoms with van der Waals surface area (Å²) >= 11 is 6.45. The first-order valence-electron chi connectivity index (χ1n) is 4.37. The van der Waals surface area contributed by atoms with Gasteiger partial charge in [0.2, 0.25) is 0 Å². The molecule has 0 aliphatic rings. The first-order chi connectivity index (χ1) is 6.97. The van der Waals surface area contributed by atoms with Gasteiger partial charge in [-0.3, -0.25) is 4.79 Å². The van der Waals surface area contributed by atoms with Crippen LogP contribution in [-0.4, -0.2) is 25.8 Å². The zero-order valence-electron chi connectivity index (χ0n) is 8.20. The summed E-state index contributed by atoms with van der Waals surface area (Å²) in [6, 6.07) is 3.02. The van der Waals surface area contributed by atoms with Crippen LogP contribution in [0, 0.1) is 0 Å². The van der Waals surface area contributed by atoms with Gasteiger partial charge < -0.3 is 0 Å². The van der Waals surface area contributed by atoms with Crippen molar-refractivity contribution in [3.05, 3.63) is 17.0 Å². The highest BCUT2D eigenvalue weighted by atomic mass is 35.5. The van der Waals surface area contributed by atoms with Gasteiger partial charge in [0.15, 0.2) is 15.6 Å². The van der Waals surface area contributed by atoms with E-state index in [0.29, 0.717) is 17.2 Å². The molecule has 1 rings (SSSR count). The van der Waals surface area contributed by atoms with Gasteiger partial charge in [-0.25, -0.2) is 8.42 Å². The first-order valence-corrected chi connectivity index (χ1v) is 7.37. The Bertz CT molecular complexity index is 448. The number of Topliss-reactive ketones (excluding diaryl/α,β-unsaturated/α-hetero) is 1. The predicted octanol–water partition coefficient (Wildman–Crippen LogP) is 2.35. The van der Waals surface area contributed by atoms with Crippen LogP contribution in [0.4, 0.5) is 0 Å². The molecule has 0 atom stereocenters. The van der Waals surface area contributed by atoms with Crippen molar-refractivity contribution in [3.63, 3.8) is 0 Å². The number of alkyl halides is 1. The molecule has 0 amide bonds. The third-order valence-corrected chi connectivity index (χ3v) is 5.62. The van der Waals surface area contributed by atoms with Crippen LogP contribution in [0.25, 0.3) is 0 Å². The summed E-state index contributed by atoms with van der Waals surface area (Å²) in [7, 11) is -3.25. The Morgan fingerprint density at radius 1 is 1.47 bits per heavy atom. The fourth-order valence-corrected chi connectivity index (χ4v) is 3.97. The topological polar surface area (TPSA) is 51.2 Å². The molecule has 3 nitrogen and oxygen atoms in total. The minimum atomic E-state index is -3.25. The van der Waals surface area contributed by atoms with E-state index in [1.807, 2.05) is 0 Å². The third-order valence-electron chi connectivity index (χ3n) is 1.78. The zero-order valence-corrected chi connectivity index (χ0v) is 10.6. The molecule has 0 bridgehead atoms. The standard InChI is InChI=1S/C9H11ClO3S2/c1-7(11)8-3-4-9(14-8)15(12,13)6-2-5-10/h3-4H,2,5-6H2,1H3.